The predicted molar refractivity (Wildman–Crippen MR) is 120 cm³/mol. The summed E-state index contributed by atoms with van der Waals surface area (Å²) in [7, 11) is 0. The van der Waals surface area contributed by atoms with E-state index in [1.165, 1.54) is 0 Å². The molecule has 2 aromatic carbocycles. The fraction of sp³-hybridized carbons (Fsp3) is 0.333. The first-order valence-corrected chi connectivity index (χ1v) is 9.97. The van der Waals surface area contributed by atoms with Crippen molar-refractivity contribution in [3.8, 4) is 11.8 Å². The van der Waals surface area contributed by atoms with Crippen LogP contribution in [0.4, 0.5) is 11.4 Å². The first kappa shape index (κ1) is 20.5. The molecular formula is C24H28N4O. The Morgan fingerprint density at radius 1 is 1.21 bits per heavy atom. The highest BCUT2D eigenvalue weighted by molar-refractivity contribution is 5.95. The van der Waals surface area contributed by atoms with Gasteiger partial charge in [0.15, 0.2) is 5.78 Å². The zero-order valence-electron chi connectivity index (χ0n) is 17.1. The molecule has 0 aliphatic heterocycles. The zero-order valence-corrected chi connectivity index (χ0v) is 17.1. The minimum Gasteiger partial charge on any atom is -0.384 e. The van der Waals surface area contributed by atoms with E-state index in [0.717, 1.165) is 48.2 Å². The van der Waals surface area contributed by atoms with Gasteiger partial charge in [0.05, 0.1) is 12.1 Å². The molecule has 5 nitrogen and oxygen atoms in total. The Bertz CT molecular complexity index is 978. The van der Waals surface area contributed by atoms with Crippen LogP contribution in [-0.2, 0) is 4.79 Å². The van der Waals surface area contributed by atoms with Gasteiger partial charge in [0.2, 0.25) is 0 Å². The van der Waals surface area contributed by atoms with Crippen molar-refractivity contribution in [2.75, 3.05) is 17.2 Å². The second kappa shape index (κ2) is 8.83. The SMILES string of the molecule is CC(=O)C1(Nc2ccc(C#CCNc3cccc(C(=N)N)c3)cc2C)CCCC1. The topological polar surface area (TPSA) is 91.0 Å². The Kier molecular flexibility index (Phi) is 6.23. The fourth-order valence-electron chi connectivity index (χ4n) is 3.77. The molecule has 2 aromatic rings. The summed E-state index contributed by atoms with van der Waals surface area (Å²) in [5.41, 5.74) is 9.72. The quantitative estimate of drug-likeness (QED) is 0.341. The van der Waals surface area contributed by atoms with Gasteiger partial charge in [-0.05, 0) is 62.6 Å². The molecule has 5 N–H and O–H groups in total. The Morgan fingerprint density at radius 3 is 2.62 bits per heavy atom. The van der Waals surface area contributed by atoms with Crippen LogP contribution in [0.2, 0.25) is 0 Å². The van der Waals surface area contributed by atoms with Crippen LogP contribution in [0.25, 0.3) is 0 Å². The van der Waals surface area contributed by atoms with Gasteiger partial charge in [0.25, 0.3) is 0 Å². The Hall–Kier alpha value is -3.26. The third-order valence-electron chi connectivity index (χ3n) is 5.52. The Labute approximate surface area is 172 Å². The van der Waals surface area contributed by atoms with Crippen LogP contribution in [0.15, 0.2) is 42.5 Å². The van der Waals surface area contributed by atoms with Crippen molar-refractivity contribution in [1.82, 2.24) is 0 Å². The van der Waals surface area contributed by atoms with E-state index in [1.807, 2.05) is 37.3 Å². The highest BCUT2D eigenvalue weighted by Gasteiger charge is 2.38. The maximum absolute atomic E-state index is 12.2. The average molecular weight is 389 g/mol. The zero-order chi connectivity index (χ0) is 20.9. The highest BCUT2D eigenvalue weighted by Crippen LogP contribution is 2.35. The largest absolute Gasteiger partial charge is 0.384 e. The van der Waals surface area contributed by atoms with Gasteiger partial charge in [0.1, 0.15) is 5.84 Å². The molecule has 0 atom stereocenters. The molecule has 0 aromatic heterocycles. The number of nitrogen functional groups attached to an aromatic ring is 1. The standard InChI is InChI=1S/C24H28N4O/c1-17-15-19(7-6-14-27-21-9-5-8-20(16-21)23(25)26)10-11-22(17)28-24(18(2)29)12-3-4-13-24/h5,8-11,15-16,27-28H,3-4,12-14H2,1-2H3,(H3,25,26). The monoisotopic (exact) mass is 388 g/mol. The molecule has 0 unspecified atom stereocenters. The smallest absolute Gasteiger partial charge is 0.155 e. The summed E-state index contributed by atoms with van der Waals surface area (Å²) in [6, 6.07) is 13.5. The van der Waals surface area contributed by atoms with E-state index in [9.17, 15) is 4.79 Å². The van der Waals surface area contributed by atoms with Crippen molar-refractivity contribution in [3.05, 3.63) is 59.2 Å². The third kappa shape index (κ3) is 4.97. The van der Waals surface area contributed by atoms with E-state index in [0.29, 0.717) is 12.1 Å². The van der Waals surface area contributed by atoms with E-state index >= 15 is 0 Å². The number of hydrogen-bond acceptors (Lipinski definition) is 4. The number of amidine groups is 1. The maximum Gasteiger partial charge on any atom is 0.155 e. The number of nitrogens with one attached hydrogen (secondary N) is 3. The maximum atomic E-state index is 12.2. The number of ketones is 1. The van der Waals surface area contributed by atoms with Crippen molar-refractivity contribution >= 4 is 23.0 Å². The molecule has 29 heavy (non-hydrogen) atoms. The van der Waals surface area contributed by atoms with Crippen molar-refractivity contribution < 1.29 is 4.79 Å². The van der Waals surface area contributed by atoms with E-state index in [2.05, 4.69) is 28.5 Å². The lowest BCUT2D eigenvalue weighted by molar-refractivity contribution is -0.121. The van der Waals surface area contributed by atoms with Gasteiger partial charge in [-0.2, -0.15) is 0 Å². The van der Waals surface area contributed by atoms with Crippen LogP contribution in [0, 0.1) is 24.2 Å². The number of anilines is 2. The van der Waals surface area contributed by atoms with Gasteiger partial charge < -0.3 is 16.4 Å². The third-order valence-corrected chi connectivity index (χ3v) is 5.52. The van der Waals surface area contributed by atoms with Crippen LogP contribution < -0.4 is 16.4 Å². The summed E-state index contributed by atoms with van der Waals surface area (Å²) >= 11 is 0. The summed E-state index contributed by atoms with van der Waals surface area (Å²) in [6.07, 6.45) is 3.99. The molecule has 1 aliphatic rings. The van der Waals surface area contributed by atoms with Gasteiger partial charge in [-0.15, -0.1) is 0 Å². The summed E-state index contributed by atoms with van der Waals surface area (Å²) in [4.78, 5) is 12.2. The number of hydrogen-bond donors (Lipinski definition) is 4. The number of Topliss-reactive ketones (excluding diaryl/α,β-unsaturated/α-hetero) is 1. The van der Waals surface area contributed by atoms with Crippen molar-refractivity contribution in [2.24, 2.45) is 5.73 Å². The van der Waals surface area contributed by atoms with Gasteiger partial charge in [-0.3, -0.25) is 10.2 Å². The molecular weight excluding hydrogens is 360 g/mol. The van der Waals surface area contributed by atoms with E-state index < -0.39 is 5.54 Å². The number of rotatable bonds is 6. The molecule has 150 valence electrons. The molecule has 3 rings (SSSR count). The predicted octanol–water partition coefficient (Wildman–Crippen LogP) is 4.06. The number of nitrogens with two attached hydrogens (primary N) is 1. The van der Waals surface area contributed by atoms with Gasteiger partial charge in [0, 0.05) is 22.5 Å². The number of aryl methyl sites for hydroxylation is 1. The summed E-state index contributed by atoms with van der Waals surface area (Å²) in [6.45, 7) is 4.22. The molecule has 0 radical (unpaired) electrons. The van der Waals surface area contributed by atoms with Crippen LogP contribution in [0.1, 0.15) is 49.3 Å². The molecule has 1 saturated carbocycles. The van der Waals surface area contributed by atoms with Crippen LogP contribution in [-0.4, -0.2) is 23.7 Å². The summed E-state index contributed by atoms with van der Waals surface area (Å²) < 4.78 is 0. The first-order valence-electron chi connectivity index (χ1n) is 9.97. The molecule has 0 amide bonds. The second-order valence-corrected chi connectivity index (χ2v) is 7.65. The van der Waals surface area contributed by atoms with Crippen LogP contribution in [0.3, 0.4) is 0 Å². The van der Waals surface area contributed by atoms with Crippen molar-refractivity contribution in [2.45, 2.75) is 45.1 Å². The second-order valence-electron chi connectivity index (χ2n) is 7.65. The highest BCUT2D eigenvalue weighted by atomic mass is 16.1. The lowest BCUT2D eigenvalue weighted by atomic mass is 9.92. The van der Waals surface area contributed by atoms with Gasteiger partial charge in [-0.25, -0.2) is 0 Å². The minimum absolute atomic E-state index is 0.0491. The van der Waals surface area contributed by atoms with Crippen molar-refractivity contribution in [1.29, 1.82) is 5.41 Å². The molecule has 0 spiro atoms. The molecule has 5 heteroatoms. The fourth-order valence-corrected chi connectivity index (χ4v) is 3.77. The Balaban J connectivity index is 1.63. The number of carbonyl (C=O) groups excluding carboxylic acids is 1. The number of benzene rings is 2. The van der Waals surface area contributed by atoms with E-state index in [1.54, 1.807) is 13.0 Å². The summed E-state index contributed by atoms with van der Waals surface area (Å²) in [5, 5.41) is 14.2. The number of carbonyl (C=O) groups is 1. The lowest BCUT2D eigenvalue weighted by Crippen LogP contribution is -2.42. The first-order chi connectivity index (χ1) is 13.9. The Morgan fingerprint density at radius 2 is 1.97 bits per heavy atom. The summed E-state index contributed by atoms with van der Waals surface area (Å²) in [5.74, 6) is 6.57. The van der Waals surface area contributed by atoms with Crippen LogP contribution in [0.5, 0.6) is 0 Å². The minimum atomic E-state index is -0.406. The molecule has 0 saturated heterocycles. The van der Waals surface area contributed by atoms with Gasteiger partial charge in [-0.1, -0.05) is 36.8 Å². The molecule has 1 aliphatic carbocycles. The van der Waals surface area contributed by atoms with Crippen LogP contribution >= 0.6 is 0 Å². The van der Waals surface area contributed by atoms with Crippen molar-refractivity contribution in [3.63, 3.8) is 0 Å². The van der Waals surface area contributed by atoms with Gasteiger partial charge >= 0.3 is 0 Å². The lowest BCUT2D eigenvalue weighted by Gasteiger charge is -2.29. The molecule has 1 fully saturated rings. The normalized spacial score (nSPS) is 14.6. The van der Waals surface area contributed by atoms with E-state index in [4.69, 9.17) is 11.1 Å². The average Bonchev–Trinajstić information content (AvgIpc) is 3.17. The van der Waals surface area contributed by atoms with E-state index in [-0.39, 0.29) is 11.6 Å². The molecule has 0 bridgehead atoms. The molecule has 0 heterocycles.